The summed E-state index contributed by atoms with van der Waals surface area (Å²) in [5.41, 5.74) is 9.29. The monoisotopic (exact) mass is 333 g/mol. The SMILES string of the molecule is CNC1Nc2cc(C(N)=O)cc3c2N1CC(C)CN3CCCOC. The Morgan fingerprint density at radius 2 is 2.25 bits per heavy atom. The minimum atomic E-state index is -0.399. The number of nitrogens with two attached hydrogens (primary N) is 1. The predicted octanol–water partition coefficient (Wildman–Crippen LogP) is 1.01. The van der Waals surface area contributed by atoms with Crippen molar-refractivity contribution in [2.45, 2.75) is 19.6 Å². The predicted molar refractivity (Wildman–Crippen MR) is 96.6 cm³/mol. The lowest BCUT2D eigenvalue weighted by molar-refractivity contribution is 0.100. The van der Waals surface area contributed by atoms with Crippen LogP contribution in [-0.4, -0.2) is 52.6 Å². The lowest BCUT2D eigenvalue weighted by Gasteiger charge is -2.27. The summed E-state index contributed by atoms with van der Waals surface area (Å²) in [5, 5.41) is 6.75. The quantitative estimate of drug-likeness (QED) is 0.674. The highest BCUT2D eigenvalue weighted by Gasteiger charge is 2.36. The number of ether oxygens (including phenoxy) is 1. The van der Waals surface area contributed by atoms with Gasteiger partial charge in [-0.25, -0.2) is 0 Å². The number of carbonyl (C=O) groups is 1. The zero-order chi connectivity index (χ0) is 17.3. The Morgan fingerprint density at radius 3 is 2.92 bits per heavy atom. The van der Waals surface area contributed by atoms with E-state index in [0.717, 1.165) is 49.7 Å². The molecule has 132 valence electrons. The zero-order valence-corrected chi connectivity index (χ0v) is 14.6. The highest BCUT2D eigenvalue weighted by molar-refractivity contribution is 6.00. The summed E-state index contributed by atoms with van der Waals surface area (Å²) in [5.74, 6) is 0.102. The number of rotatable bonds is 6. The Balaban J connectivity index is 2.04. The molecule has 0 saturated carbocycles. The van der Waals surface area contributed by atoms with Crippen LogP contribution in [0.5, 0.6) is 0 Å². The molecule has 1 aromatic carbocycles. The average Bonchev–Trinajstić information content (AvgIpc) is 2.83. The molecule has 0 fully saturated rings. The summed E-state index contributed by atoms with van der Waals surface area (Å²) in [6.45, 7) is 5.78. The van der Waals surface area contributed by atoms with Crippen LogP contribution in [0.3, 0.4) is 0 Å². The Hall–Kier alpha value is -1.99. The van der Waals surface area contributed by atoms with Crippen molar-refractivity contribution in [3.05, 3.63) is 17.7 Å². The molecular weight excluding hydrogens is 306 g/mol. The molecule has 7 nitrogen and oxygen atoms in total. The second kappa shape index (κ2) is 6.86. The number of amides is 1. The van der Waals surface area contributed by atoms with Crippen LogP contribution < -0.4 is 26.2 Å². The molecule has 3 rings (SSSR count). The second-order valence-electron chi connectivity index (χ2n) is 6.64. The third-order valence-corrected chi connectivity index (χ3v) is 4.70. The van der Waals surface area contributed by atoms with Crippen LogP contribution in [0.25, 0.3) is 0 Å². The van der Waals surface area contributed by atoms with Gasteiger partial charge in [-0.1, -0.05) is 6.92 Å². The molecule has 0 aromatic heterocycles. The number of anilines is 3. The van der Waals surface area contributed by atoms with Gasteiger partial charge in [0.05, 0.1) is 17.1 Å². The lowest BCUT2D eigenvalue weighted by atomic mass is 10.1. The molecule has 0 saturated heterocycles. The van der Waals surface area contributed by atoms with E-state index in [-0.39, 0.29) is 6.29 Å². The maximum absolute atomic E-state index is 11.8. The number of hydrogen-bond acceptors (Lipinski definition) is 6. The van der Waals surface area contributed by atoms with Crippen LogP contribution in [0.2, 0.25) is 0 Å². The van der Waals surface area contributed by atoms with Crippen LogP contribution in [0, 0.1) is 5.92 Å². The van der Waals surface area contributed by atoms with E-state index in [1.807, 2.05) is 19.2 Å². The van der Waals surface area contributed by atoms with Gasteiger partial charge >= 0.3 is 0 Å². The van der Waals surface area contributed by atoms with Gasteiger partial charge in [-0.05, 0) is 31.5 Å². The number of primary amides is 1. The molecule has 1 aromatic rings. The van der Waals surface area contributed by atoms with Crippen molar-refractivity contribution in [1.82, 2.24) is 5.32 Å². The number of nitrogens with zero attached hydrogens (tertiary/aromatic N) is 2. The first-order valence-corrected chi connectivity index (χ1v) is 8.47. The molecule has 7 heteroatoms. The smallest absolute Gasteiger partial charge is 0.248 e. The fourth-order valence-electron chi connectivity index (χ4n) is 3.67. The van der Waals surface area contributed by atoms with Crippen molar-refractivity contribution in [1.29, 1.82) is 0 Å². The Morgan fingerprint density at radius 1 is 1.46 bits per heavy atom. The Labute approximate surface area is 143 Å². The van der Waals surface area contributed by atoms with Gasteiger partial charge in [0, 0.05) is 38.9 Å². The number of hydrogen-bond donors (Lipinski definition) is 3. The summed E-state index contributed by atoms with van der Waals surface area (Å²) in [7, 11) is 3.66. The van der Waals surface area contributed by atoms with Gasteiger partial charge in [0.1, 0.15) is 0 Å². The molecule has 2 unspecified atom stereocenters. The van der Waals surface area contributed by atoms with Crippen molar-refractivity contribution in [3.63, 3.8) is 0 Å². The first-order chi connectivity index (χ1) is 11.5. The standard InChI is InChI=1S/C17H27N5O2/c1-11-9-21(5-4-6-24-3)14-8-12(16(18)23)7-13-15(14)22(10-11)17(19-2)20-13/h7-8,11,17,19-20H,4-6,9-10H2,1-3H3,(H2,18,23). The van der Waals surface area contributed by atoms with E-state index in [2.05, 4.69) is 27.4 Å². The third kappa shape index (κ3) is 3.01. The number of carbonyl (C=O) groups excluding carboxylic acids is 1. The molecule has 0 bridgehead atoms. The first kappa shape index (κ1) is 16.9. The number of benzene rings is 1. The van der Waals surface area contributed by atoms with Crippen molar-refractivity contribution >= 4 is 23.0 Å². The maximum atomic E-state index is 11.8. The van der Waals surface area contributed by atoms with Gasteiger partial charge in [-0.3, -0.25) is 10.1 Å². The van der Waals surface area contributed by atoms with E-state index in [1.54, 1.807) is 7.11 Å². The van der Waals surface area contributed by atoms with E-state index in [0.29, 0.717) is 11.5 Å². The number of nitrogens with one attached hydrogen (secondary N) is 2. The molecule has 2 heterocycles. The lowest BCUT2D eigenvalue weighted by Crippen LogP contribution is -2.47. The van der Waals surface area contributed by atoms with Crippen molar-refractivity contribution < 1.29 is 9.53 Å². The van der Waals surface area contributed by atoms with Crippen molar-refractivity contribution in [2.24, 2.45) is 11.7 Å². The van der Waals surface area contributed by atoms with E-state index < -0.39 is 5.91 Å². The van der Waals surface area contributed by atoms with Crippen LogP contribution in [0.4, 0.5) is 17.1 Å². The largest absolute Gasteiger partial charge is 0.385 e. The molecule has 0 spiro atoms. The van der Waals surface area contributed by atoms with Gasteiger partial charge in [-0.2, -0.15) is 0 Å². The minimum absolute atomic E-state index is 0.0308. The third-order valence-electron chi connectivity index (χ3n) is 4.70. The summed E-state index contributed by atoms with van der Waals surface area (Å²) in [6.07, 6.45) is 0.977. The van der Waals surface area contributed by atoms with Crippen molar-refractivity contribution in [2.75, 3.05) is 55.5 Å². The molecule has 2 aliphatic rings. The highest BCUT2D eigenvalue weighted by atomic mass is 16.5. The maximum Gasteiger partial charge on any atom is 0.248 e. The minimum Gasteiger partial charge on any atom is -0.385 e. The second-order valence-corrected chi connectivity index (χ2v) is 6.64. The average molecular weight is 333 g/mol. The number of methoxy groups -OCH3 is 1. The van der Waals surface area contributed by atoms with Crippen LogP contribution in [0.15, 0.2) is 12.1 Å². The van der Waals surface area contributed by atoms with Crippen molar-refractivity contribution in [3.8, 4) is 0 Å². The fourth-order valence-corrected chi connectivity index (χ4v) is 3.67. The molecule has 1 amide bonds. The molecule has 0 aliphatic carbocycles. The summed E-state index contributed by atoms with van der Waals surface area (Å²) >= 11 is 0. The van der Waals surface area contributed by atoms with Crippen LogP contribution >= 0.6 is 0 Å². The van der Waals surface area contributed by atoms with E-state index in [1.165, 1.54) is 0 Å². The summed E-state index contributed by atoms with van der Waals surface area (Å²) < 4.78 is 5.20. The first-order valence-electron chi connectivity index (χ1n) is 8.47. The zero-order valence-electron chi connectivity index (χ0n) is 14.6. The molecule has 2 aliphatic heterocycles. The van der Waals surface area contributed by atoms with E-state index in [4.69, 9.17) is 10.5 Å². The van der Waals surface area contributed by atoms with Crippen LogP contribution in [-0.2, 0) is 4.74 Å². The van der Waals surface area contributed by atoms with E-state index >= 15 is 0 Å². The topological polar surface area (TPSA) is 82.9 Å². The normalized spacial score (nSPS) is 22.1. The van der Waals surface area contributed by atoms with Gasteiger partial charge < -0.3 is 25.6 Å². The molecule has 0 radical (unpaired) electrons. The van der Waals surface area contributed by atoms with Gasteiger partial charge in [0.2, 0.25) is 5.91 Å². The van der Waals surface area contributed by atoms with Crippen LogP contribution in [0.1, 0.15) is 23.7 Å². The molecule has 4 N–H and O–H groups in total. The summed E-state index contributed by atoms with van der Waals surface area (Å²) in [6, 6.07) is 3.79. The summed E-state index contributed by atoms with van der Waals surface area (Å²) in [4.78, 5) is 16.5. The van der Waals surface area contributed by atoms with Gasteiger partial charge in [0.15, 0.2) is 6.29 Å². The fraction of sp³-hybridized carbons (Fsp3) is 0.588. The van der Waals surface area contributed by atoms with Gasteiger partial charge in [-0.15, -0.1) is 0 Å². The molecular formula is C17H27N5O2. The Kier molecular flexibility index (Phi) is 4.82. The Bertz CT molecular complexity index is 621. The molecule has 24 heavy (non-hydrogen) atoms. The van der Waals surface area contributed by atoms with Gasteiger partial charge in [0.25, 0.3) is 0 Å². The van der Waals surface area contributed by atoms with E-state index in [9.17, 15) is 4.79 Å². The molecule has 2 atom stereocenters. The highest BCUT2D eigenvalue weighted by Crippen LogP contribution is 2.45.